The Balaban J connectivity index is -0.000000180. The summed E-state index contributed by atoms with van der Waals surface area (Å²) in [5, 5.41) is 19.3. The molecule has 9 heavy (non-hydrogen) atoms. The first-order valence-electron chi connectivity index (χ1n) is 2.18. The molecule has 4 heteroatoms. The van der Waals surface area contributed by atoms with Gasteiger partial charge in [0.15, 0.2) is 0 Å². The summed E-state index contributed by atoms with van der Waals surface area (Å²) in [6, 6.07) is 0. The fourth-order valence-electron chi connectivity index (χ4n) is 0.272. The average Bonchev–Trinajstić information content (AvgIpc) is 1.27. The molecular formula is C5H8Li2O2. The molecule has 0 aromatic rings. The Labute approximate surface area is 79.7 Å². The van der Waals surface area contributed by atoms with Crippen molar-refractivity contribution in [2.45, 2.75) is 13.8 Å². The van der Waals surface area contributed by atoms with E-state index < -0.39 is 5.95 Å². The number of allylic oxidation sites excluding steroid dienone is 1. The van der Waals surface area contributed by atoms with E-state index in [-0.39, 0.29) is 43.6 Å². The van der Waals surface area contributed by atoms with E-state index in [1.165, 1.54) is 0 Å². The van der Waals surface area contributed by atoms with Crippen molar-refractivity contribution in [2.75, 3.05) is 0 Å². The van der Waals surface area contributed by atoms with E-state index in [0.29, 0.717) is 0 Å². The van der Waals surface area contributed by atoms with Crippen LogP contribution in [0.15, 0.2) is 12.0 Å². The van der Waals surface area contributed by atoms with Gasteiger partial charge in [0, 0.05) is 0 Å². The Kier molecular flexibility index (Phi) is 15.4. The van der Waals surface area contributed by atoms with Crippen molar-refractivity contribution in [1.29, 1.82) is 0 Å². The zero-order valence-electron chi connectivity index (χ0n) is 6.47. The van der Waals surface area contributed by atoms with E-state index >= 15 is 0 Å². The maximum atomic E-state index is 9.64. The molecule has 0 bridgehead atoms. The summed E-state index contributed by atoms with van der Waals surface area (Å²) >= 11 is 0. The molecular weight excluding hydrogens is 106 g/mol. The minimum atomic E-state index is -1.09. The van der Waals surface area contributed by atoms with Gasteiger partial charge < -0.3 is 10.2 Å². The molecule has 0 rings (SSSR count). The van der Waals surface area contributed by atoms with Gasteiger partial charge in [-0.1, -0.05) is 13.8 Å². The van der Waals surface area contributed by atoms with Crippen molar-refractivity contribution in [1.82, 2.24) is 0 Å². The summed E-state index contributed by atoms with van der Waals surface area (Å²) in [6.07, 6.45) is 1.14. The summed E-state index contributed by atoms with van der Waals surface area (Å²) in [4.78, 5) is 0. The summed E-state index contributed by atoms with van der Waals surface area (Å²) < 4.78 is 0. The Morgan fingerprint density at radius 2 is 1.56 bits per heavy atom. The molecule has 0 aromatic heterocycles. The van der Waals surface area contributed by atoms with Gasteiger partial charge in [-0.2, -0.15) is 0 Å². The second-order valence-electron chi connectivity index (χ2n) is 1.73. The SMILES string of the molecule is CC(C)C=C([O-])[O-].[Li+].[Li+]. The van der Waals surface area contributed by atoms with Gasteiger partial charge in [-0.25, -0.2) is 5.95 Å². The molecule has 0 aliphatic rings. The van der Waals surface area contributed by atoms with Crippen molar-refractivity contribution >= 4 is 0 Å². The molecule has 0 amide bonds. The normalized spacial score (nSPS) is 7.00. The molecule has 0 aromatic carbocycles. The average molecular weight is 114 g/mol. The smallest absolute Gasteiger partial charge is 0.884 e. The van der Waals surface area contributed by atoms with Gasteiger partial charge in [0.1, 0.15) is 0 Å². The second kappa shape index (κ2) is 8.53. The van der Waals surface area contributed by atoms with Crippen LogP contribution in [0.25, 0.3) is 0 Å². The third-order valence-electron chi connectivity index (χ3n) is 0.469. The molecule has 0 aliphatic carbocycles. The topological polar surface area (TPSA) is 46.1 Å². The van der Waals surface area contributed by atoms with E-state index in [2.05, 4.69) is 0 Å². The van der Waals surface area contributed by atoms with Crippen LogP contribution >= 0.6 is 0 Å². The van der Waals surface area contributed by atoms with Crippen molar-refractivity contribution in [3.63, 3.8) is 0 Å². The first-order chi connectivity index (χ1) is 3.13. The molecule has 0 radical (unpaired) electrons. The quantitative estimate of drug-likeness (QED) is 0.251. The molecule has 2 nitrogen and oxygen atoms in total. The van der Waals surface area contributed by atoms with E-state index in [1.54, 1.807) is 13.8 Å². The maximum Gasteiger partial charge on any atom is 1.00 e. The molecule has 0 saturated carbocycles. The van der Waals surface area contributed by atoms with Crippen LogP contribution in [0, 0.1) is 5.92 Å². The van der Waals surface area contributed by atoms with Crippen LogP contribution < -0.4 is 47.9 Å². The van der Waals surface area contributed by atoms with Crippen LogP contribution in [-0.4, -0.2) is 0 Å². The molecule has 0 unspecified atom stereocenters. The molecule has 0 fully saturated rings. The third-order valence-corrected chi connectivity index (χ3v) is 0.469. The fraction of sp³-hybridized carbons (Fsp3) is 0.600. The van der Waals surface area contributed by atoms with Gasteiger partial charge in [-0.3, -0.25) is 0 Å². The Morgan fingerprint density at radius 1 is 1.22 bits per heavy atom. The number of hydrogen-bond acceptors (Lipinski definition) is 2. The van der Waals surface area contributed by atoms with Crippen molar-refractivity contribution in [2.24, 2.45) is 5.92 Å². The van der Waals surface area contributed by atoms with E-state index in [9.17, 15) is 10.2 Å². The van der Waals surface area contributed by atoms with Crippen LogP contribution in [0.1, 0.15) is 13.8 Å². The summed E-state index contributed by atoms with van der Waals surface area (Å²) in [7, 11) is 0. The zero-order chi connectivity index (χ0) is 5.86. The van der Waals surface area contributed by atoms with Crippen molar-refractivity contribution in [3.8, 4) is 0 Å². The summed E-state index contributed by atoms with van der Waals surface area (Å²) in [5.74, 6) is -1.00. The summed E-state index contributed by atoms with van der Waals surface area (Å²) in [5.41, 5.74) is 0. The molecule has 0 aliphatic heterocycles. The molecule has 0 spiro atoms. The minimum absolute atomic E-state index is 0. The van der Waals surface area contributed by atoms with Crippen LogP contribution in [-0.2, 0) is 0 Å². The first-order valence-corrected chi connectivity index (χ1v) is 2.18. The van der Waals surface area contributed by atoms with Gasteiger partial charge in [-0.05, 0) is 5.92 Å². The maximum absolute atomic E-state index is 9.64. The Morgan fingerprint density at radius 3 is 1.56 bits per heavy atom. The largest absolute Gasteiger partial charge is 1.00 e. The van der Waals surface area contributed by atoms with Gasteiger partial charge in [0.2, 0.25) is 0 Å². The minimum Gasteiger partial charge on any atom is -0.884 e. The second-order valence-corrected chi connectivity index (χ2v) is 1.73. The van der Waals surface area contributed by atoms with Crippen LogP contribution in [0.2, 0.25) is 0 Å². The number of rotatable bonds is 1. The van der Waals surface area contributed by atoms with Gasteiger partial charge in [0.25, 0.3) is 0 Å². The predicted octanol–water partition coefficient (Wildman–Crippen LogP) is -6.79. The number of hydrogen-bond donors (Lipinski definition) is 0. The molecule has 0 saturated heterocycles. The van der Waals surface area contributed by atoms with E-state index in [1.807, 2.05) is 0 Å². The Hall–Kier alpha value is 0.535. The predicted molar refractivity (Wildman–Crippen MR) is 22.9 cm³/mol. The molecule has 0 heterocycles. The third kappa shape index (κ3) is 17.7. The van der Waals surface area contributed by atoms with E-state index in [0.717, 1.165) is 6.08 Å². The van der Waals surface area contributed by atoms with Gasteiger partial charge in [0.05, 0.1) is 0 Å². The van der Waals surface area contributed by atoms with Gasteiger partial charge in [-0.15, -0.1) is 6.08 Å². The fourth-order valence-corrected chi connectivity index (χ4v) is 0.272. The van der Waals surface area contributed by atoms with Crippen LogP contribution in [0.3, 0.4) is 0 Å². The van der Waals surface area contributed by atoms with Crippen LogP contribution in [0.4, 0.5) is 0 Å². The zero-order valence-corrected chi connectivity index (χ0v) is 6.47. The monoisotopic (exact) mass is 114 g/mol. The van der Waals surface area contributed by atoms with Crippen molar-refractivity contribution < 1.29 is 47.9 Å². The van der Waals surface area contributed by atoms with Crippen molar-refractivity contribution in [3.05, 3.63) is 12.0 Å². The first kappa shape index (κ1) is 16.3. The molecule has 0 N–H and O–H groups in total. The Bertz CT molecular complexity index is 77.0. The molecule has 42 valence electrons. The standard InChI is InChI=1S/C5H10O2.2Li/c1-4(2)3-5(6)7;;/h3-4,6-7H,1-2H3;;/q;2*+1/p-2. The summed E-state index contributed by atoms with van der Waals surface area (Å²) in [6.45, 7) is 3.58. The van der Waals surface area contributed by atoms with E-state index in [4.69, 9.17) is 0 Å². The van der Waals surface area contributed by atoms with Gasteiger partial charge >= 0.3 is 37.7 Å². The molecule has 0 atom stereocenters. The van der Waals surface area contributed by atoms with Crippen LogP contribution in [0.5, 0.6) is 0 Å².